The maximum atomic E-state index is 6.53. The molecule has 0 aliphatic heterocycles. The SMILES string of the molecule is c1ccc(-c2ccccc2-c2ccc(-c3cc(-c4cccc5c4oc4ccccc45)cc4c3oc3ccccc34)cc2)cc1. The van der Waals surface area contributed by atoms with Crippen molar-refractivity contribution in [3.05, 3.63) is 158 Å². The molecular formula is C42H26O2. The van der Waals surface area contributed by atoms with Crippen LogP contribution in [0.2, 0.25) is 0 Å². The number of fused-ring (bicyclic) bond motifs is 6. The van der Waals surface area contributed by atoms with Gasteiger partial charge in [0.2, 0.25) is 0 Å². The predicted octanol–water partition coefficient (Wildman–Crippen LogP) is 12.2. The fourth-order valence-electron chi connectivity index (χ4n) is 6.61. The van der Waals surface area contributed by atoms with Crippen molar-refractivity contribution in [1.29, 1.82) is 0 Å². The van der Waals surface area contributed by atoms with Crippen LogP contribution in [0.25, 0.3) is 88.4 Å². The summed E-state index contributed by atoms with van der Waals surface area (Å²) in [6, 6.07) is 55.5. The number of hydrogen-bond acceptors (Lipinski definition) is 2. The summed E-state index contributed by atoms with van der Waals surface area (Å²) in [5.41, 5.74) is 12.7. The molecule has 0 saturated carbocycles. The van der Waals surface area contributed by atoms with Gasteiger partial charge in [0.15, 0.2) is 0 Å². The van der Waals surface area contributed by atoms with Gasteiger partial charge in [0.1, 0.15) is 22.3 Å². The Bertz CT molecular complexity index is 2480. The van der Waals surface area contributed by atoms with Gasteiger partial charge in [-0.2, -0.15) is 0 Å². The molecule has 0 aliphatic carbocycles. The normalized spacial score (nSPS) is 11.6. The third-order valence-electron chi connectivity index (χ3n) is 8.71. The molecule has 2 nitrogen and oxygen atoms in total. The van der Waals surface area contributed by atoms with Crippen LogP contribution in [0.15, 0.2) is 167 Å². The van der Waals surface area contributed by atoms with E-state index in [2.05, 4.69) is 133 Å². The topological polar surface area (TPSA) is 26.3 Å². The zero-order chi connectivity index (χ0) is 29.0. The molecular weight excluding hydrogens is 536 g/mol. The molecule has 9 aromatic rings. The largest absolute Gasteiger partial charge is 0.455 e. The zero-order valence-electron chi connectivity index (χ0n) is 23.8. The number of para-hydroxylation sites is 3. The Hall–Kier alpha value is -5.86. The Labute approximate surface area is 254 Å². The van der Waals surface area contributed by atoms with Gasteiger partial charge in [-0.25, -0.2) is 0 Å². The highest BCUT2D eigenvalue weighted by molar-refractivity contribution is 6.14. The van der Waals surface area contributed by atoms with Crippen molar-refractivity contribution in [2.45, 2.75) is 0 Å². The van der Waals surface area contributed by atoms with Gasteiger partial charge in [0.05, 0.1) is 0 Å². The molecule has 0 spiro atoms. The molecule has 2 heteroatoms. The van der Waals surface area contributed by atoms with Crippen molar-refractivity contribution in [2.75, 3.05) is 0 Å². The summed E-state index contributed by atoms with van der Waals surface area (Å²) >= 11 is 0. The van der Waals surface area contributed by atoms with Gasteiger partial charge in [-0.1, -0.05) is 133 Å². The van der Waals surface area contributed by atoms with Gasteiger partial charge >= 0.3 is 0 Å². The van der Waals surface area contributed by atoms with E-state index in [-0.39, 0.29) is 0 Å². The van der Waals surface area contributed by atoms with Crippen LogP contribution in [0, 0.1) is 0 Å². The molecule has 0 radical (unpaired) electrons. The minimum Gasteiger partial charge on any atom is -0.455 e. The molecule has 0 bridgehead atoms. The minimum absolute atomic E-state index is 0.885. The third kappa shape index (κ3) is 3.89. The molecule has 0 atom stereocenters. The Balaban J connectivity index is 1.24. The highest BCUT2D eigenvalue weighted by Crippen LogP contribution is 2.43. The van der Waals surface area contributed by atoms with E-state index in [9.17, 15) is 0 Å². The van der Waals surface area contributed by atoms with Crippen molar-refractivity contribution < 1.29 is 8.83 Å². The fraction of sp³-hybridized carbons (Fsp3) is 0. The van der Waals surface area contributed by atoms with E-state index in [1.165, 1.54) is 22.3 Å². The van der Waals surface area contributed by atoms with Gasteiger partial charge < -0.3 is 8.83 Å². The van der Waals surface area contributed by atoms with Crippen LogP contribution < -0.4 is 0 Å². The van der Waals surface area contributed by atoms with Gasteiger partial charge in [-0.15, -0.1) is 0 Å². The molecule has 7 aromatic carbocycles. The van der Waals surface area contributed by atoms with Crippen LogP contribution in [-0.4, -0.2) is 0 Å². The molecule has 2 aromatic heterocycles. The van der Waals surface area contributed by atoms with E-state index in [1.807, 2.05) is 24.3 Å². The summed E-state index contributed by atoms with van der Waals surface area (Å²) in [6.45, 7) is 0. The molecule has 0 fully saturated rings. The summed E-state index contributed by atoms with van der Waals surface area (Å²) in [4.78, 5) is 0. The minimum atomic E-state index is 0.885. The van der Waals surface area contributed by atoms with Crippen LogP contribution in [0.3, 0.4) is 0 Å². The molecule has 0 N–H and O–H groups in total. The smallest absolute Gasteiger partial charge is 0.143 e. The second kappa shape index (κ2) is 9.86. The lowest BCUT2D eigenvalue weighted by Gasteiger charge is -2.12. The van der Waals surface area contributed by atoms with Crippen LogP contribution in [0.4, 0.5) is 0 Å². The van der Waals surface area contributed by atoms with Crippen LogP contribution in [-0.2, 0) is 0 Å². The van der Waals surface area contributed by atoms with Crippen molar-refractivity contribution >= 4 is 43.9 Å². The lowest BCUT2D eigenvalue weighted by Crippen LogP contribution is -1.87. The Kier molecular flexibility index (Phi) is 5.54. The average molecular weight is 563 g/mol. The van der Waals surface area contributed by atoms with Gasteiger partial charge in [0, 0.05) is 32.7 Å². The fourth-order valence-corrected chi connectivity index (χ4v) is 6.61. The molecule has 44 heavy (non-hydrogen) atoms. The van der Waals surface area contributed by atoms with Crippen molar-refractivity contribution in [3.63, 3.8) is 0 Å². The molecule has 206 valence electrons. The summed E-state index contributed by atoms with van der Waals surface area (Å²) in [5, 5.41) is 4.46. The average Bonchev–Trinajstić information content (AvgIpc) is 3.67. The van der Waals surface area contributed by atoms with Crippen LogP contribution in [0.5, 0.6) is 0 Å². The predicted molar refractivity (Wildman–Crippen MR) is 183 cm³/mol. The van der Waals surface area contributed by atoms with Crippen molar-refractivity contribution in [2.24, 2.45) is 0 Å². The first-order chi connectivity index (χ1) is 21.8. The Morgan fingerprint density at radius 1 is 0.273 bits per heavy atom. The monoisotopic (exact) mass is 562 g/mol. The summed E-state index contributed by atoms with van der Waals surface area (Å²) in [5.74, 6) is 0. The molecule has 9 rings (SSSR count). The van der Waals surface area contributed by atoms with Crippen LogP contribution in [0.1, 0.15) is 0 Å². The maximum Gasteiger partial charge on any atom is 0.143 e. The number of hydrogen-bond donors (Lipinski definition) is 0. The van der Waals surface area contributed by atoms with Gasteiger partial charge in [0.25, 0.3) is 0 Å². The van der Waals surface area contributed by atoms with E-state index in [1.54, 1.807) is 0 Å². The van der Waals surface area contributed by atoms with E-state index in [0.717, 1.165) is 66.1 Å². The first-order valence-electron chi connectivity index (χ1n) is 14.9. The second-order valence-corrected chi connectivity index (χ2v) is 11.3. The van der Waals surface area contributed by atoms with E-state index >= 15 is 0 Å². The van der Waals surface area contributed by atoms with Crippen LogP contribution >= 0.6 is 0 Å². The number of rotatable bonds is 4. The Morgan fingerprint density at radius 3 is 1.43 bits per heavy atom. The third-order valence-corrected chi connectivity index (χ3v) is 8.71. The van der Waals surface area contributed by atoms with E-state index < -0.39 is 0 Å². The maximum absolute atomic E-state index is 6.53. The Morgan fingerprint density at radius 2 is 0.750 bits per heavy atom. The highest BCUT2D eigenvalue weighted by atomic mass is 16.3. The van der Waals surface area contributed by atoms with E-state index in [4.69, 9.17) is 8.83 Å². The van der Waals surface area contributed by atoms with Crippen molar-refractivity contribution in [1.82, 2.24) is 0 Å². The van der Waals surface area contributed by atoms with E-state index in [0.29, 0.717) is 0 Å². The van der Waals surface area contributed by atoms with Gasteiger partial charge in [-0.05, 0) is 57.6 Å². The zero-order valence-corrected chi connectivity index (χ0v) is 23.8. The lowest BCUT2D eigenvalue weighted by molar-refractivity contribution is 0.669. The molecule has 0 amide bonds. The first kappa shape index (κ1) is 24.7. The molecule has 2 heterocycles. The summed E-state index contributed by atoms with van der Waals surface area (Å²) in [6.07, 6.45) is 0. The first-order valence-corrected chi connectivity index (χ1v) is 14.9. The standard InChI is InChI=1S/C42H26O2/c1-2-11-27(12-3-1)31-13-4-5-14-32(31)28-21-23-29(24-22-28)37-25-30(26-38-35-16-7-9-20-40(35)44-42(37)38)33-17-10-18-36-34-15-6-8-19-39(34)43-41(33)36/h1-26H. The van der Waals surface area contributed by atoms with Crippen molar-refractivity contribution in [3.8, 4) is 44.5 Å². The molecule has 0 unspecified atom stereocenters. The van der Waals surface area contributed by atoms with Gasteiger partial charge in [-0.3, -0.25) is 0 Å². The second-order valence-electron chi connectivity index (χ2n) is 11.3. The quantitative estimate of drug-likeness (QED) is 0.213. The summed E-state index contributed by atoms with van der Waals surface area (Å²) in [7, 11) is 0. The summed E-state index contributed by atoms with van der Waals surface area (Å²) < 4.78 is 13.0. The molecule has 0 saturated heterocycles. The molecule has 0 aliphatic rings. The highest BCUT2D eigenvalue weighted by Gasteiger charge is 2.18. The number of furan rings is 2. The lowest BCUT2D eigenvalue weighted by atomic mass is 9.92. The number of benzene rings is 7.